The molecular weight excluding hydrogens is 232 g/mol. The van der Waals surface area contributed by atoms with E-state index in [1.54, 1.807) is 19.2 Å². The molecule has 1 aromatic rings. The number of carbonyl (C=O) groups is 1. The molecule has 0 spiro atoms. The van der Waals surface area contributed by atoms with Gasteiger partial charge in [0.1, 0.15) is 0 Å². The van der Waals surface area contributed by atoms with E-state index < -0.39 is 0 Å². The lowest BCUT2D eigenvalue weighted by Gasteiger charge is -2.32. The Bertz CT molecular complexity index is 407. The number of carbonyl (C=O) groups excluding carboxylic acids is 1. The lowest BCUT2D eigenvalue weighted by molar-refractivity contribution is 0.0957. The van der Waals surface area contributed by atoms with Crippen LogP contribution < -0.4 is 10.2 Å². The van der Waals surface area contributed by atoms with Gasteiger partial charge in [0, 0.05) is 26.7 Å². The molecule has 2 rings (SSSR count). The van der Waals surface area contributed by atoms with E-state index in [4.69, 9.17) is 0 Å². The Balaban J connectivity index is 2.07. The predicted octanol–water partition coefficient (Wildman–Crippen LogP) is 0.0449. The van der Waals surface area contributed by atoms with Crippen molar-refractivity contribution in [3.63, 3.8) is 0 Å². The first-order chi connectivity index (χ1) is 8.74. The lowest BCUT2D eigenvalue weighted by atomic mass is 9.99. The number of aliphatic hydroxyl groups excluding tert-OH is 1. The molecule has 1 aromatic heterocycles. The van der Waals surface area contributed by atoms with Crippen LogP contribution in [0.5, 0.6) is 0 Å². The van der Waals surface area contributed by atoms with Crippen molar-refractivity contribution in [2.45, 2.75) is 12.8 Å². The van der Waals surface area contributed by atoms with Crippen molar-refractivity contribution in [2.75, 3.05) is 31.6 Å². The predicted molar refractivity (Wildman–Crippen MR) is 67.4 cm³/mol. The minimum Gasteiger partial charge on any atom is -0.396 e. The molecule has 1 amide bonds. The van der Waals surface area contributed by atoms with Gasteiger partial charge in [-0.2, -0.15) is 0 Å². The maximum atomic E-state index is 11.3. The SMILES string of the molecule is CNC(=O)c1ccc(N2CCCC(CO)C2)nn1. The fourth-order valence-electron chi connectivity index (χ4n) is 2.17. The highest BCUT2D eigenvalue weighted by Gasteiger charge is 2.20. The van der Waals surface area contributed by atoms with E-state index in [9.17, 15) is 9.90 Å². The monoisotopic (exact) mass is 250 g/mol. The van der Waals surface area contributed by atoms with E-state index in [-0.39, 0.29) is 12.5 Å². The molecule has 1 atom stereocenters. The first-order valence-electron chi connectivity index (χ1n) is 6.16. The van der Waals surface area contributed by atoms with E-state index in [2.05, 4.69) is 20.4 Å². The largest absolute Gasteiger partial charge is 0.396 e. The molecule has 1 aliphatic heterocycles. The zero-order valence-corrected chi connectivity index (χ0v) is 10.5. The van der Waals surface area contributed by atoms with Crippen LogP contribution >= 0.6 is 0 Å². The summed E-state index contributed by atoms with van der Waals surface area (Å²) < 4.78 is 0. The third-order valence-corrected chi connectivity index (χ3v) is 3.21. The molecule has 0 aliphatic carbocycles. The Labute approximate surface area is 106 Å². The number of anilines is 1. The van der Waals surface area contributed by atoms with Crippen LogP contribution in [0.2, 0.25) is 0 Å². The number of hydrogen-bond acceptors (Lipinski definition) is 5. The molecule has 1 unspecified atom stereocenters. The first-order valence-corrected chi connectivity index (χ1v) is 6.16. The van der Waals surface area contributed by atoms with Crippen LogP contribution in [-0.4, -0.2) is 48.0 Å². The summed E-state index contributed by atoms with van der Waals surface area (Å²) in [7, 11) is 1.56. The third-order valence-electron chi connectivity index (χ3n) is 3.21. The summed E-state index contributed by atoms with van der Waals surface area (Å²) in [5.74, 6) is 0.834. The van der Waals surface area contributed by atoms with Gasteiger partial charge in [-0.25, -0.2) is 0 Å². The van der Waals surface area contributed by atoms with Gasteiger partial charge in [0.2, 0.25) is 0 Å². The maximum Gasteiger partial charge on any atom is 0.271 e. The molecule has 1 fully saturated rings. The number of piperidine rings is 1. The fourth-order valence-corrected chi connectivity index (χ4v) is 2.17. The van der Waals surface area contributed by atoms with Gasteiger partial charge in [0.15, 0.2) is 11.5 Å². The van der Waals surface area contributed by atoms with Crippen LogP contribution in [0.25, 0.3) is 0 Å². The fraction of sp³-hybridized carbons (Fsp3) is 0.583. The summed E-state index contributed by atoms with van der Waals surface area (Å²) in [6.45, 7) is 1.93. The zero-order chi connectivity index (χ0) is 13.0. The number of nitrogens with one attached hydrogen (secondary N) is 1. The molecule has 18 heavy (non-hydrogen) atoms. The number of nitrogens with zero attached hydrogens (tertiary/aromatic N) is 3. The van der Waals surface area contributed by atoms with Crippen molar-refractivity contribution in [2.24, 2.45) is 5.92 Å². The van der Waals surface area contributed by atoms with E-state index in [1.807, 2.05) is 0 Å². The highest BCUT2D eigenvalue weighted by Crippen LogP contribution is 2.20. The highest BCUT2D eigenvalue weighted by atomic mass is 16.3. The van der Waals surface area contributed by atoms with Crippen LogP contribution in [0.15, 0.2) is 12.1 Å². The standard InChI is InChI=1S/C12H18N4O2/c1-13-12(18)10-4-5-11(15-14-10)16-6-2-3-9(7-16)8-17/h4-5,9,17H,2-3,6-8H2,1H3,(H,13,18). The summed E-state index contributed by atoms with van der Waals surface area (Å²) in [4.78, 5) is 13.4. The zero-order valence-electron chi connectivity index (χ0n) is 10.5. The Hall–Kier alpha value is -1.69. The molecule has 1 saturated heterocycles. The number of hydrogen-bond donors (Lipinski definition) is 2. The third kappa shape index (κ3) is 2.76. The normalized spacial score (nSPS) is 19.7. The van der Waals surface area contributed by atoms with Crippen molar-refractivity contribution in [1.82, 2.24) is 15.5 Å². The summed E-state index contributed by atoms with van der Waals surface area (Å²) in [6, 6.07) is 3.47. The Morgan fingerprint density at radius 3 is 3.00 bits per heavy atom. The Kier molecular flexibility index (Phi) is 4.09. The minimum atomic E-state index is -0.235. The van der Waals surface area contributed by atoms with Gasteiger partial charge >= 0.3 is 0 Å². The lowest BCUT2D eigenvalue weighted by Crippen LogP contribution is -2.37. The van der Waals surface area contributed by atoms with Crippen LogP contribution in [-0.2, 0) is 0 Å². The van der Waals surface area contributed by atoms with Crippen LogP contribution in [0, 0.1) is 5.92 Å². The van der Waals surface area contributed by atoms with Crippen molar-refractivity contribution in [1.29, 1.82) is 0 Å². The quantitative estimate of drug-likeness (QED) is 0.792. The average molecular weight is 250 g/mol. The maximum absolute atomic E-state index is 11.3. The summed E-state index contributed by atoms with van der Waals surface area (Å²) in [6.07, 6.45) is 2.10. The van der Waals surface area contributed by atoms with E-state index in [0.717, 1.165) is 31.7 Å². The summed E-state index contributed by atoms with van der Waals surface area (Å²) in [5.41, 5.74) is 0.317. The van der Waals surface area contributed by atoms with Gasteiger partial charge in [0.05, 0.1) is 0 Å². The second-order valence-electron chi connectivity index (χ2n) is 4.49. The molecule has 1 aliphatic rings. The first kappa shape index (κ1) is 12.8. The number of amides is 1. The molecule has 6 nitrogen and oxygen atoms in total. The molecule has 98 valence electrons. The van der Waals surface area contributed by atoms with Crippen LogP contribution in [0.1, 0.15) is 23.3 Å². The molecule has 0 saturated carbocycles. The molecule has 0 aromatic carbocycles. The van der Waals surface area contributed by atoms with Gasteiger partial charge < -0.3 is 15.3 Å². The molecule has 0 radical (unpaired) electrons. The number of aliphatic hydroxyl groups is 1. The van der Waals surface area contributed by atoms with Gasteiger partial charge in [-0.15, -0.1) is 10.2 Å². The Morgan fingerprint density at radius 2 is 2.39 bits per heavy atom. The number of rotatable bonds is 3. The van der Waals surface area contributed by atoms with Crippen molar-refractivity contribution in [3.8, 4) is 0 Å². The highest BCUT2D eigenvalue weighted by molar-refractivity contribution is 5.91. The molecule has 6 heteroatoms. The smallest absolute Gasteiger partial charge is 0.271 e. The second kappa shape index (κ2) is 5.77. The molecular formula is C12H18N4O2. The van der Waals surface area contributed by atoms with Crippen LogP contribution in [0.4, 0.5) is 5.82 Å². The second-order valence-corrected chi connectivity index (χ2v) is 4.49. The summed E-state index contributed by atoms with van der Waals surface area (Å²) in [5, 5.41) is 19.7. The van der Waals surface area contributed by atoms with Gasteiger partial charge in [-0.1, -0.05) is 0 Å². The molecule has 2 heterocycles. The van der Waals surface area contributed by atoms with Crippen LogP contribution in [0.3, 0.4) is 0 Å². The topological polar surface area (TPSA) is 78.4 Å². The molecule has 0 bridgehead atoms. The number of aromatic nitrogens is 2. The van der Waals surface area contributed by atoms with E-state index >= 15 is 0 Å². The van der Waals surface area contributed by atoms with E-state index in [1.165, 1.54) is 0 Å². The Morgan fingerprint density at radius 1 is 1.56 bits per heavy atom. The van der Waals surface area contributed by atoms with Crippen molar-refractivity contribution >= 4 is 11.7 Å². The van der Waals surface area contributed by atoms with Crippen molar-refractivity contribution < 1.29 is 9.90 Å². The average Bonchev–Trinajstić information content (AvgIpc) is 2.46. The van der Waals surface area contributed by atoms with Gasteiger partial charge in [-0.3, -0.25) is 4.79 Å². The summed E-state index contributed by atoms with van der Waals surface area (Å²) >= 11 is 0. The van der Waals surface area contributed by atoms with Gasteiger partial charge in [0.25, 0.3) is 5.91 Å². The molecule has 2 N–H and O–H groups in total. The van der Waals surface area contributed by atoms with E-state index in [0.29, 0.717) is 11.6 Å². The van der Waals surface area contributed by atoms with Crippen molar-refractivity contribution in [3.05, 3.63) is 17.8 Å². The van der Waals surface area contributed by atoms with Gasteiger partial charge in [-0.05, 0) is 30.9 Å². The minimum absolute atomic E-state index is 0.209.